The highest BCUT2D eigenvalue weighted by Crippen LogP contribution is 2.35. The molecular formula is C20H19N5O3. The average Bonchev–Trinajstić information content (AvgIpc) is 3.08. The van der Waals surface area contributed by atoms with Gasteiger partial charge in [0.1, 0.15) is 5.82 Å². The third kappa shape index (κ3) is 4.12. The van der Waals surface area contributed by atoms with Gasteiger partial charge in [0.25, 0.3) is 0 Å². The molecule has 142 valence electrons. The molecule has 1 aromatic heterocycles. The zero-order valence-corrected chi connectivity index (χ0v) is 15.4. The number of aromatic nitrogens is 2. The van der Waals surface area contributed by atoms with E-state index in [2.05, 4.69) is 25.9 Å². The summed E-state index contributed by atoms with van der Waals surface area (Å²) in [5.41, 5.74) is 3.12. The number of hydrogen-bond acceptors (Lipinski definition) is 7. The first-order valence-corrected chi connectivity index (χ1v) is 8.72. The van der Waals surface area contributed by atoms with Crippen molar-refractivity contribution in [2.24, 2.45) is 0 Å². The molecule has 28 heavy (non-hydrogen) atoms. The summed E-state index contributed by atoms with van der Waals surface area (Å²) in [6.45, 7) is 3.60. The summed E-state index contributed by atoms with van der Waals surface area (Å²) in [5, 5.41) is 9.18. The van der Waals surface area contributed by atoms with E-state index in [9.17, 15) is 4.79 Å². The van der Waals surface area contributed by atoms with Crippen LogP contribution in [0.5, 0.6) is 11.5 Å². The monoisotopic (exact) mass is 377 g/mol. The molecule has 1 aliphatic rings. The molecule has 0 aliphatic carbocycles. The number of carbonyl (C=O) groups is 1. The number of nitrogens with one attached hydrogen (secondary N) is 3. The highest BCUT2D eigenvalue weighted by molar-refractivity contribution is 5.89. The van der Waals surface area contributed by atoms with Gasteiger partial charge in [-0.05, 0) is 37.3 Å². The van der Waals surface area contributed by atoms with Crippen LogP contribution >= 0.6 is 0 Å². The van der Waals surface area contributed by atoms with Crippen LogP contribution in [-0.2, 0) is 4.79 Å². The minimum Gasteiger partial charge on any atom is -0.454 e. The summed E-state index contributed by atoms with van der Waals surface area (Å²) < 4.78 is 10.7. The molecule has 1 amide bonds. The molecule has 8 heteroatoms. The molecule has 0 atom stereocenters. The van der Waals surface area contributed by atoms with E-state index in [1.807, 2.05) is 55.5 Å². The maximum absolute atomic E-state index is 11.2. The number of hydrogen-bond donors (Lipinski definition) is 3. The molecule has 0 fully saturated rings. The topological polar surface area (TPSA) is 97.4 Å². The van der Waals surface area contributed by atoms with Crippen LogP contribution in [0.1, 0.15) is 12.6 Å². The highest BCUT2D eigenvalue weighted by Gasteiger charge is 2.14. The predicted octanol–water partition coefficient (Wildman–Crippen LogP) is 3.96. The summed E-state index contributed by atoms with van der Waals surface area (Å²) in [4.78, 5) is 20.2. The number of fused-ring (bicyclic) bond motifs is 1. The quantitative estimate of drug-likeness (QED) is 0.619. The molecule has 0 saturated heterocycles. The number of amides is 1. The second-order valence-electron chi connectivity index (χ2n) is 6.30. The van der Waals surface area contributed by atoms with Crippen molar-refractivity contribution in [1.82, 2.24) is 9.97 Å². The fourth-order valence-electron chi connectivity index (χ4n) is 2.82. The fraction of sp³-hybridized carbons (Fsp3) is 0.150. The molecule has 0 spiro atoms. The molecule has 8 nitrogen and oxygen atoms in total. The second kappa shape index (κ2) is 7.43. The van der Waals surface area contributed by atoms with E-state index >= 15 is 0 Å². The molecule has 0 unspecified atom stereocenters. The van der Waals surface area contributed by atoms with Gasteiger partial charge in [0.2, 0.25) is 18.6 Å². The summed E-state index contributed by atoms with van der Waals surface area (Å²) in [6.07, 6.45) is 0. The van der Waals surface area contributed by atoms with Crippen molar-refractivity contribution in [3.8, 4) is 11.5 Å². The third-order valence-electron chi connectivity index (χ3n) is 3.94. The maximum atomic E-state index is 11.2. The van der Waals surface area contributed by atoms with Gasteiger partial charge in [-0.1, -0.05) is 6.07 Å². The Hall–Kier alpha value is -3.81. The first kappa shape index (κ1) is 17.6. The minimum atomic E-state index is -0.120. The van der Waals surface area contributed by atoms with E-state index < -0.39 is 0 Å². The van der Waals surface area contributed by atoms with E-state index in [0.717, 1.165) is 22.8 Å². The SMILES string of the molecule is CC(=O)Nc1cccc(Nc2cc(C)nc(Nc3ccc4c(c3)OCO4)n2)c1. The molecule has 0 saturated carbocycles. The standard InChI is InChI=1S/C20H19N5O3/c1-12-8-19(23-15-5-3-4-14(9-15)22-13(2)26)25-20(21-12)24-16-6-7-17-18(10-16)28-11-27-17/h3-10H,11H2,1-2H3,(H,22,26)(H2,21,23,24,25). The Morgan fingerprint density at radius 1 is 0.929 bits per heavy atom. The minimum absolute atomic E-state index is 0.120. The van der Waals surface area contributed by atoms with Crippen LogP contribution in [0.2, 0.25) is 0 Å². The van der Waals surface area contributed by atoms with Gasteiger partial charge < -0.3 is 25.4 Å². The summed E-state index contributed by atoms with van der Waals surface area (Å²) in [7, 11) is 0. The van der Waals surface area contributed by atoms with Gasteiger partial charge in [0.15, 0.2) is 11.5 Å². The number of nitrogens with zero attached hydrogens (tertiary/aromatic N) is 2. The van der Waals surface area contributed by atoms with Crippen molar-refractivity contribution < 1.29 is 14.3 Å². The number of benzene rings is 2. The Morgan fingerprint density at radius 2 is 1.71 bits per heavy atom. The number of rotatable bonds is 5. The molecule has 3 N–H and O–H groups in total. The Kier molecular flexibility index (Phi) is 4.67. The zero-order chi connectivity index (χ0) is 19.5. The Labute approximate surface area is 161 Å². The van der Waals surface area contributed by atoms with Gasteiger partial charge in [-0.15, -0.1) is 0 Å². The van der Waals surface area contributed by atoms with E-state index in [1.165, 1.54) is 6.92 Å². The fourth-order valence-corrected chi connectivity index (χ4v) is 2.82. The lowest BCUT2D eigenvalue weighted by atomic mass is 10.2. The highest BCUT2D eigenvalue weighted by atomic mass is 16.7. The van der Waals surface area contributed by atoms with Crippen LogP contribution in [0, 0.1) is 6.92 Å². The van der Waals surface area contributed by atoms with E-state index in [0.29, 0.717) is 23.2 Å². The normalized spacial score (nSPS) is 11.8. The van der Waals surface area contributed by atoms with Crippen molar-refractivity contribution in [3.05, 3.63) is 54.2 Å². The van der Waals surface area contributed by atoms with Gasteiger partial charge in [-0.3, -0.25) is 4.79 Å². The Bertz CT molecular complexity index is 1040. The Morgan fingerprint density at radius 3 is 2.57 bits per heavy atom. The number of ether oxygens (including phenoxy) is 2. The number of anilines is 5. The lowest BCUT2D eigenvalue weighted by molar-refractivity contribution is -0.114. The molecule has 3 aromatic rings. The van der Waals surface area contributed by atoms with E-state index in [4.69, 9.17) is 9.47 Å². The summed E-state index contributed by atoms with van der Waals surface area (Å²) >= 11 is 0. The molecule has 2 aromatic carbocycles. The van der Waals surface area contributed by atoms with E-state index in [-0.39, 0.29) is 12.7 Å². The number of aryl methyl sites for hydroxylation is 1. The van der Waals surface area contributed by atoms with Gasteiger partial charge in [-0.25, -0.2) is 4.98 Å². The first-order valence-electron chi connectivity index (χ1n) is 8.72. The molecule has 1 aliphatic heterocycles. The average molecular weight is 377 g/mol. The second-order valence-corrected chi connectivity index (χ2v) is 6.30. The van der Waals surface area contributed by atoms with Crippen LogP contribution in [0.3, 0.4) is 0 Å². The van der Waals surface area contributed by atoms with Crippen LogP contribution < -0.4 is 25.4 Å². The lowest BCUT2D eigenvalue weighted by Crippen LogP contribution is -2.06. The van der Waals surface area contributed by atoms with Crippen LogP contribution in [0.25, 0.3) is 0 Å². The van der Waals surface area contributed by atoms with Gasteiger partial charge in [-0.2, -0.15) is 4.98 Å². The molecular weight excluding hydrogens is 358 g/mol. The van der Waals surface area contributed by atoms with Crippen LogP contribution in [0.4, 0.5) is 28.8 Å². The van der Waals surface area contributed by atoms with Gasteiger partial charge in [0.05, 0.1) is 0 Å². The molecule has 2 heterocycles. The largest absolute Gasteiger partial charge is 0.454 e. The van der Waals surface area contributed by atoms with Gasteiger partial charge in [0, 0.05) is 41.8 Å². The van der Waals surface area contributed by atoms with Gasteiger partial charge >= 0.3 is 0 Å². The van der Waals surface area contributed by atoms with Crippen LogP contribution in [0.15, 0.2) is 48.5 Å². The van der Waals surface area contributed by atoms with Crippen molar-refractivity contribution in [3.63, 3.8) is 0 Å². The van der Waals surface area contributed by atoms with E-state index in [1.54, 1.807) is 0 Å². The maximum Gasteiger partial charge on any atom is 0.231 e. The van der Waals surface area contributed by atoms with Crippen molar-refractivity contribution in [2.75, 3.05) is 22.7 Å². The van der Waals surface area contributed by atoms with Crippen molar-refractivity contribution in [1.29, 1.82) is 0 Å². The summed E-state index contributed by atoms with van der Waals surface area (Å²) in [6, 6.07) is 14.8. The summed E-state index contributed by atoms with van der Waals surface area (Å²) in [5.74, 6) is 2.38. The van der Waals surface area contributed by atoms with Crippen molar-refractivity contribution >= 4 is 34.7 Å². The first-order chi connectivity index (χ1) is 13.5. The Balaban J connectivity index is 1.53. The molecule has 0 bridgehead atoms. The smallest absolute Gasteiger partial charge is 0.231 e. The van der Waals surface area contributed by atoms with Crippen molar-refractivity contribution in [2.45, 2.75) is 13.8 Å². The number of carbonyl (C=O) groups excluding carboxylic acids is 1. The predicted molar refractivity (Wildman–Crippen MR) is 107 cm³/mol. The zero-order valence-electron chi connectivity index (χ0n) is 15.4. The molecule has 4 rings (SSSR count). The third-order valence-corrected chi connectivity index (χ3v) is 3.94. The molecule has 0 radical (unpaired) electrons. The lowest BCUT2D eigenvalue weighted by Gasteiger charge is -2.11. The van der Waals surface area contributed by atoms with Crippen LogP contribution in [-0.4, -0.2) is 22.7 Å².